The summed E-state index contributed by atoms with van der Waals surface area (Å²) in [5.41, 5.74) is 6.35. The van der Waals surface area contributed by atoms with Crippen molar-refractivity contribution in [3.63, 3.8) is 0 Å². The summed E-state index contributed by atoms with van der Waals surface area (Å²) >= 11 is 1.35. The molecule has 26 heavy (non-hydrogen) atoms. The van der Waals surface area contributed by atoms with E-state index in [2.05, 4.69) is 19.2 Å². The van der Waals surface area contributed by atoms with Gasteiger partial charge < -0.3 is 20.9 Å². The Bertz CT molecular complexity index is 707. The van der Waals surface area contributed by atoms with Gasteiger partial charge in [0.1, 0.15) is 5.00 Å². The number of ether oxygens (including phenoxy) is 1. The van der Waals surface area contributed by atoms with Gasteiger partial charge in [-0.1, -0.05) is 13.8 Å². The van der Waals surface area contributed by atoms with Crippen LogP contribution in [-0.2, 0) is 21.6 Å². The van der Waals surface area contributed by atoms with Gasteiger partial charge in [-0.3, -0.25) is 9.59 Å². The summed E-state index contributed by atoms with van der Waals surface area (Å²) in [5.74, 6) is 0.0860. The molecule has 1 aliphatic heterocycles. The fraction of sp³-hybridized carbons (Fsp3) is 0.684. The number of fused-ring (bicyclic) bond motifs is 1. The Balaban J connectivity index is 0.000000290. The fourth-order valence-corrected chi connectivity index (χ4v) is 4.84. The number of carbonyl (C=O) groups is 2. The third-order valence-electron chi connectivity index (χ3n) is 5.06. The lowest BCUT2D eigenvalue weighted by Crippen LogP contribution is -2.42. The predicted molar refractivity (Wildman–Crippen MR) is 103 cm³/mol. The minimum Gasteiger partial charge on any atom is -0.396 e. The smallest absolute Gasteiger partial charge is 0.251 e. The number of aliphatic hydroxyl groups excluding tert-OH is 1. The van der Waals surface area contributed by atoms with Gasteiger partial charge in [0.05, 0.1) is 16.8 Å². The zero-order valence-corrected chi connectivity index (χ0v) is 17.3. The Morgan fingerprint density at radius 2 is 1.92 bits per heavy atom. The lowest BCUT2D eigenvalue weighted by molar-refractivity contribution is -0.135. The number of anilines is 1. The van der Waals surface area contributed by atoms with Gasteiger partial charge in [-0.05, 0) is 51.0 Å². The molecular weight excluding hydrogens is 352 g/mol. The lowest BCUT2D eigenvalue weighted by atomic mass is 9.86. The van der Waals surface area contributed by atoms with Crippen LogP contribution in [0.5, 0.6) is 0 Å². The van der Waals surface area contributed by atoms with E-state index in [4.69, 9.17) is 15.6 Å². The summed E-state index contributed by atoms with van der Waals surface area (Å²) in [4.78, 5) is 23.3. The highest BCUT2D eigenvalue weighted by Gasteiger charge is 2.44. The molecular formula is C19H30N2O4S. The molecule has 0 radical (unpaired) electrons. The summed E-state index contributed by atoms with van der Waals surface area (Å²) < 4.78 is 6.06. The van der Waals surface area contributed by atoms with Crippen LogP contribution >= 0.6 is 11.3 Å². The normalized spacial score (nSPS) is 23.9. The van der Waals surface area contributed by atoms with Gasteiger partial charge in [0.15, 0.2) is 0 Å². The molecule has 0 unspecified atom stereocenters. The molecule has 1 saturated carbocycles. The number of rotatable bonds is 4. The van der Waals surface area contributed by atoms with Gasteiger partial charge in [0.25, 0.3) is 5.91 Å². The molecule has 146 valence electrons. The summed E-state index contributed by atoms with van der Waals surface area (Å²) in [5, 5.41) is 11.6. The average Bonchev–Trinajstić information content (AvgIpc) is 2.92. The van der Waals surface area contributed by atoms with Crippen LogP contribution < -0.4 is 11.1 Å². The van der Waals surface area contributed by atoms with Crippen LogP contribution in [0.25, 0.3) is 0 Å². The van der Waals surface area contributed by atoms with E-state index in [9.17, 15) is 9.59 Å². The maximum atomic E-state index is 11.7. The second-order valence-corrected chi connectivity index (χ2v) is 9.88. The van der Waals surface area contributed by atoms with Crippen molar-refractivity contribution in [1.82, 2.24) is 0 Å². The molecule has 7 heteroatoms. The maximum Gasteiger partial charge on any atom is 0.251 e. The molecule has 3 rings (SSSR count). The third kappa shape index (κ3) is 4.27. The van der Waals surface area contributed by atoms with E-state index in [0.717, 1.165) is 10.4 Å². The molecule has 0 spiro atoms. The number of aliphatic hydroxyl groups is 1. The standard InChI is InChI=1S/C13H18N2O3S.C6H12O/c1-12(2)5-7-8(10(14)17)11(15-6-16)19-9(7)13(3,4)18-12;1-6(2)3-5(6)4-7/h6H,5H2,1-4H3,(H2,14,17)(H,15,16);5,7H,3-4H2,1-2H3/t;5-/m.0/s1. The average molecular weight is 383 g/mol. The van der Waals surface area contributed by atoms with Crippen LogP contribution in [-0.4, -0.2) is 29.6 Å². The summed E-state index contributed by atoms with van der Waals surface area (Å²) in [6.07, 6.45) is 2.37. The maximum absolute atomic E-state index is 11.7. The van der Waals surface area contributed by atoms with Gasteiger partial charge in [-0.2, -0.15) is 0 Å². The van der Waals surface area contributed by atoms with Crippen molar-refractivity contribution in [3.05, 3.63) is 16.0 Å². The second kappa shape index (κ2) is 6.94. The molecule has 2 heterocycles. The molecule has 1 aromatic rings. The lowest BCUT2D eigenvalue weighted by Gasteiger charge is -2.41. The van der Waals surface area contributed by atoms with Crippen molar-refractivity contribution in [2.45, 2.75) is 65.6 Å². The van der Waals surface area contributed by atoms with E-state index in [-0.39, 0.29) is 5.60 Å². The number of hydrogen-bond donors (Lipinski definition) is 3. The topological polar surface area (TPSA) is 102 Å². The SMILES string of the molecule is CC1(C)C[C@H]1CO.CC1(C)Cc2c(sc(NC=O)c2C(N)=O)C(C)(C)O1. The molecule has 0 saturated heterocycles. The minimum atomic E-state index is -0.518. The van der Waals surface area contributed by atoms with E-state index in [0.29, 0.717) is 41.3 Å². The van der Waals surface area contributed by atoms with E-state index < -0.39 is 11.5 Å². The van der Waals surface area contributed by atoms with E-state index in [1.807, 2.05) is 27.7 Å². The van der Waals surface area contributed by atoms with Crippen molar-refractivity contribution >= 4 is 28.7 Å². The highest BCUT2D eigenvalue weighted by Crippen LogP contribution is 2.51. The van der Waals surface area contributed by atoms with Gasteiger partial charge >= 0.3 is 0 Å². The highest BCUT2D eigenvalue weighted by molar-refractivity contribution is 7.17. The number of primary amides is 1. The first-order chi connectivity index (χ1) is 11.8. The molecule has 1 aromatic heterocycles. The summed E-state index contributed by atoms with van der Waals surface area (Å²) in [6, 6.07) is 0. The van der Waals surface area contributed by atoms with Crippen LogP contribution in [0.3, 0.4) is 0 Å². The van der Waals surface area contributed by atoms with Crippen LogP contribution in [0.4, 0.5) is 5.00 Å². The number of nitrogens with two attached hydrogens (primary N) is 1. The van der Waals surface area contributed by atoms with Crippen LogP contribution in [0.1, 0.15) is 68.8 Å². The number of thiophene rings is 1. The number of hydrogen-bond acceptors (Lipinski definition) is 5. The Morgan fingerprint density at radius 1 is 1.35 bits per heavy atom. The first kappa shape index (κ1) is 20.9. The minimum absolute atomic E-state index is 0.375. The van der Waals surface area contributed by atoms with Gasteiger partial charge in [-0.25, -0.2) is 0 Å². The number of nitrogens with one attached hydrogen (secondary N) is 1. The zero-order valence-electron chi connectivity index (χ0n) is 16.4. The summed E-state index contributed by atoms with van der Waals surface area (Å²) in [7, 11) is 0. The molecule has 1 aliphatic carbocycles. The van der Waals surface area contributed by atoms with Crippen LogP contribution in [0.2, 0.25) is 0 Å². The van der Waals surface area contributed by atoms with E-state index in [1.54, 1.807) is 0 Å². The second-order valence-electron chi connectivity index (χ2n) is 8.86. The van der Waals surface area contributed by atoms with Crippen molar-refractivity contribution in [3.8, 4) is 0 Å². The third-order valence-corrected chi connectivity index (χ3v) is 6.53. The van der Waals surface area contributed by atoms with Gasteiger partial charge in [0, 0.05) is 17.9 Å². The fourth-order valence-electron chi connectivity index (χ4n) is 3.62. The van der Waals surface area contributed by atoms with Crippen molar-refractivity contribution < 1.29 is 19.4 Å². The zero-order chi connectivity index (χ0) is 19.9. The highest BCUT2D eigenvalue weighted by atomic mass is 32.1. The molecule has 2 amide bonds. The molecule has 0 aromatic carbocycles. The van der Waals surface area contributed by atoms with E-state index in [1.165, 1.54) is 17.8 Å². The van der Waals surface area contributed by atoms with Gasteiger partial charge in [-0.15, -0.1) is 11.3 Å². The molecule has 6 nitrogen and oxygen atoms in total. The monoisotopic (exact) mass is 382 g/mol. The first-order valence-electron chi connectivity index (χ1n) is 8.82. The molecule has 1 fully saturated rings. The van der Waals surface area contributed by atoms with Crippen molar-refractivity contribution in [1.29, 1.82) is 0 Å². The Morgan fingerprint density at radius 3 is 2.31 bits per heavy atom. The Kier molecular flexibility index (Phi) is 5.57. The van der Waals surface area contributed by atoms with Gasteiger partial charge in [0.2, 0.25) is 6.41 Å². The van der Waals surface area contributed by atoms with Crippen molar-refractivity contribution in [2.24, 2.45) is 17.1 Å². The summed E-state index contributed by atoms with van der Waals surface area (Å²) in [6.45, 7) is 12.6. The van der Waals surface area contributed by atoms with Crippen LogP contribution in [0.15, 0.2) is 0 Å². The predicted octanol–water partition coefficient (Wildman–Crippen LogP) is 3.03. The number of carbonyl (C=O) groups excluding carboxylic acids is 2. The largest absolute Gasteiger partial charge is 0.396 e. The molecule has 4 N–H and O–H groups in total. The molecule has 0 bridgehead atoms. The molecule has 1 atom stereocenters. The Labute approximate surface area is 159 Å². The Hall–Kier alpha value is -1.44. The molecule has 2 aliphatic rings. The van der Waals surface area contributed by atoms with Crippen molar-refractivity contribution in [2.75, 3.05) is 11.9 Å². The first-order valence-corrected chi connectivity index (χ1v) is 9.63. The quantitative estimate of drug-likeness (QED) is 0.697. The van der Waals surface area contributed by atoms with Crippen LogP contribution in [0, 0.1) is 11.3 Å². The van der Waals surface area contributed by atoms with E-state index >= 15 is 0 Å². The number of amides is 2.